The average Bonchev–Trinajstić information content (AvgIpc) is 3.07. The molecule has 1 amide bonds. The van der Waals surface area contributed by atoms with Gasteiger partial charge in [0.15, 0.2) is 0 Å². The molecule has 3 aromatic rings. The Morgan fingerprint density at radius 3 is 2.45 bits per heavy atom. The van der Waals surface area contributed by atoms with Gasteiger partial charge in [0.1, 0.15) is 11.5 Å². The van der Waals surface area contributed by atoms with Crippen LogP contribution in [0.3, 0.4) is 0 Å². The number of aromatic nitrogens is 2. The van der Waals surface area contributed by atoms with Gasteiger partial charge in [-0.2, -0.15) is 5.10 Å². The molecule has 3 rings (SSSR count). The number of phenolic OH excluding ortho intramolecular Hbond substituents is 1. The Hall–Kier alpha value is -4.39. The quantitative estimate of drug-likeness (QED) is 0.313. The van der Waals surface area contributed by atoms with Gasteiger partial charge in [0.25, 0.3) is 11.5 Å². The molecule has 0 radical (unpaired) electrons. The number of carbonyl (C=O) groups excluding carboxylic acids is 1. The number of aromatic amines is 1. The molecule has 1 aromatic heterocycles. The standard InChI is InChI=1S/C24H22N4O3/c1-4-11-18(5-2)28-24(31)21(16(3)27-28)22(17-12-7-6-8-13-17)25-26-23(30)19-14-9-10-15-20(19)29/h4-15,27,29H,1-2H2,3H3,(H,26,30). The van der Waals surface area contributed by atoms with Crippen molar-refractivity contribution >= 4 is 17.3 Å². The van der Waals surface area contributed by atoms with Crippen LogP contribution in [0.1, 0.15) is 27.2 Å². The lowest BCUT2D eigenvalue weighted by molar-refractivity contribution is 0.0952. The van der Waals surface area contributed by atoms with Gasteiger partial charge in [0.2, 0.25) is 0 Å². The second-order valence-electron chi connectivity index (χ2n) is 6.57. The third-order valence-electron chi connectivity index (χ3n) is 4.53. The minimum absolute atomic E-state index is 0.0738. The van der Waals surface area contributed by atoms with Crippen LogP contribution in [0.15, 0.2) is 95.9 Å². The summed E-state index contributed by atoms with van der Waals surface area (Å²) in [6.07, 6.45) is 4.73. The molecule has 0 unspecified atom stereocenters. The van der Waals surface area contributed by atoms with Gasteiger partial charge in [0, 0.05) is 11.3 Å². The van der Waals surface area contributed by atoms with Crippen molar-refractivity contribution in [1.29, 1.82) is 0 Å². The van der Waals surface area contributed by atoms with E-state index in [0.717, 1.165) is 0 Å². The highest BCUT2D eigenvalue weighted by Crippen LogP contribution is 2.16. The second kappa shape index (κ2) is 9.41. The van der Waals surface area contributed by atoms with E-state index in [1.807, 2.05) is 18.2 Å². The second-order valence-corrected chi connectivity index (χ2v) is 6.57. The highest BCUT2D eigenvalue weighted by atomic mass is 16.3. The molecule has 0 fully saturated rings. The number of hydrogen-bond acceptors (Lipinski definition) is 4. The lowest BCUT2D eigenvalue weighted by atomic mass is 10.0. The Labute approximate surface area is 179 Å². The molecular formula is C24H22N4O3. The SMILES string of the molecule is C=CC=C(C=C)n1[nH]c(C)c(C(=NNC(=O)c2ccccc2O)c2ccccc2)c1=O. The monoisotopic (exact) mass is 414 g/mol. The van der Waals surface area contributed by atoms with Crippen LogP contribution in [0.25, 0.3) is 5.70 Å². The van der Waals surface area contributed by atoms with Crippen LogP contribution in [-0.4, -0.2) is 26.5 Å². The van der Waals surface area contributed by atoms with E-state index in [4.69, 9.17) is 0 Å². The van der Waals surface area contributed by atoms with Gasteiger partial charge in [-0.3, -0.25) is 14.7 Å². The molecule has 7 nitrogen and oxygen atoms in total. The molecule has 0 spiro atoms. The summed E-state index contributed by atoms with van der Waals surface area (Å²) in [7, 11) is 0. The molecule has 0 aliphatic carbocycles. The topological polar surface area (TPSA) is 99.5 Å². The fourth-order valence-electron chi connectivity index (χ4n) is 3.06. The van der Waals surface area contributed by atoms with Crippen LogP contribution in [0.2, 0.25) is 0 Å². The largest absolute Gasteiger partial charge is 0.507 e. The van der Waals surface area contributed by atoms with E-state index < -0.39 is 5.91 Å². The zero-order valence-corrected chi connectivity index (χ0v) is 17.0. The number of H-pyrrole nitrogens is 1. The fourth-order valence-corrected chi connectivity index (χ4v) is 3.06. The Kier molecular flexibility index (Phi) is 6.47. The lowest BCUT2D eigenvalue weighted by Gasteiger charge is -2.07. The van der Waals surface area contributed by atoms with Crippen LogP contribution >= 0.6 is 0 Å². The molecule has 156 valence electrons. The number of nitrogens with one attached hydrogen (secondary N) is 2. The van der Waals surface area contributed by atoms with Crippen LogP contribution in [-0.2, 0) is 0 Å². The molecule has 7 heteroatoms. The number of hydrogen-bond donors (Lipinski definition) is 3. The maximum Gasteiger partial charge on any atom is 0.281 e. The predicted molar refractivity (Wildman–Crippen MR) is 122 cm³/mol. The van der Waals surface area contributed by atoms with E-state index in [2.05, 4.69) is 28.8 Å². The predicted octanol–water partition coefficient (Wildman–Crippen LogP) is 3.59. The lowest BCUT2D eigenvalue weighted by Crippen LogP contribution is -2.25. The molecule has 0 saturated carbocycles. The van der Waals surface area contributed by atoms with Gasteiger partial charge in [-0.15, -0.1) is 0 Å². The maximum atomic E-state index is 13.2. The number of amides is 1. The zero-order valence-electron chi connectivity index (χ0n) is 17.0. The Morgan fingerprint density at radius 2 is 1.81 bits per heavy atom. The van der Waals surface area contributed by atoms with Crippen LogP contribution in [0.5, 0.6) is 5.75 Å². The number of para-hydroxylation sites is 1. The van der Waals surface area contributed by atoms with Crippen molar-refractivity contribution in [2.24, 2.45) is 5.10 Å². The maximum absolute atomic E-state index is 13.2. The number of benzene rings is 2. The average molecular weight is 414 g/mol. The zero-order chi connectivity index (χ0) is 22.4. The molecular weight excluding hydrogens is 392 g/mol. The summed E-state index contributed by atoms with van der Waals surface area (Å²) < 4.78 is 1.34. The van der Waals surface area contributed by atoms with Gasteiger partial charge in [-0.05, 0) is 31.2 Å². The van der Waals surface area contributed by atoms with E-state index in [1.54, 1.807) is 43.3 Å². The summed E-state index contributed by atoms with van der Waals surface area (Å²) in [6, 6.07) is 15.2. The third kappa shape index (κ3) is 4.45. The number of nitrogens with zero attached hydrogens (tertiary/aromatic N) is 2. The van der Waals surface area contributed by atoms with Crippen molar-refractivity contribution in [3.63, 3.8) is 0 Å². The molecule has 3 N–H and O–H groups in total. The van der Waals surface area contributed by atoms with Crippen LogP contribution in [0, 0.1) is 6.92 Å². The number of aryl methyl sites for hydroxylation is 1. The summed E-state index contributed by atoms with van der Waals surface area (Å²) in [6.45, 7) is 9.13. The Morgan fingerprint density at radius 1 is 1.13 bits per heavy atom. The van der Waals surface area contributed by atoms with E-state index in [0.29, 0.717) is 22.5 Å². The molecule has 1 heterocycles. The number of rotatable bonds is 7. The Balaban J connectivity index is 2.12. The number of allylic oxidation sites excluding steroid dienone is 4. The molecule has 2 aromatic carbocycles. The summed E-state index contributed by atoms with van der Waals surface area (Å²) in [5.74, 6) is -0.764. The van der Waals surface area contributed by atoms with Crippen molar-refractivity contribution in [1.82, 2.24) is 15.2 Å². The smallest absolute Gasteiger partial charge is 0.281 e. The van der Waals surface area contributed by atoms with Crippen LogP contribution < -0.4 is 11.0 Å². The highest BCUT2D eigenvalue weighted by molar-refractivity contribution is 6.14. The summed E-state index contributed by atoms with van der Waals surface area (Å²) in [4.78, 5) is 25.8. The molecule has 0 bridgehead atoms. The van der Waals surface area contributed by atoms with Crippen LogP contribution in [0.4, 0.5) is 0 Å². The first kappa shape index (κ1) is 21.3. The molecule has 0 atom stereocenters. The summed E-state index contributed by atoms with van der Waals surface area (Å²) in [5, 5.41) is 17.2. The minimum atomic E-state index is -0.599. The molecule has 0 saturated heterocycles. The molecule has 0 aliphatic heterocycles. The number of phenols is 1. The van der Waals surface area contributed by atoms with Crippen molar-refractivity contribution in [3.05, 3.63) is 119 Å². The highest BCUT2D eigenvalue weighted by Gasteiger charge is 2.20. The van der Waals surface area contributed by atoms with E-state index >= 15 is 0 Å². The van der Waals surface area contributed by atoms with Gasteiger partial charge in [0.05, 0.1) is 16.8 Å². The Bertz CT molecular complexity index is 1250. The first-order valence-corrected chi connectivity index (χ1v) is 9.47. The normalized spacial score (nSPS) is 11.8. The number of hydrazone groups is 1. The molecule has 0 aliphatic rings. The van der Waals surface area contributed by atoms with Crippen molar-refractivity contribution < 1.29 is 9.90 Å². The third-order valence-corrected chi connectivity index (χ3v) is 4.53. The van der Waals surface area contributed by atoms with E-state index in [1.165, 1.54) is 22.9 Å². The van der Waals surface area contributed by atoms with Crippen molar-refractivity contribution in [3.8, 4) is 5.75 Å². The molecule has 31 heavy (non-hydrogen) atoms. The fraction of sp³-hybridized carbons (Fsp3) is 0.0417. The van der Waals surface area contributed by atoms with Gasteiger partial charge in [-0.1, -0.05) is 61.7 Å². The van der Waals surface area contributed by atoms with Crippen molar-refractivity contribution in [2.75, 3.05) is 0 Å². The first-order chi connectivity index (χ1) is 15.0. The summed E-state index contributed by atoms with van der Waals surface area (Å²) >= 11 is 0. The van der Waals surface area contributed by atoms with E-state index in [9.17, 15) is 14.7 Å². The first-order valence-electron chi connectivity index (χ1n) is 9.47. The van der Waals surface area contributed by atoms with Crippen molar-refractivity contribution in [2.45, 2.75) is 6.92 Å². The number of carbonyl (C=O) groups is 1. The van der Waals surface area contributed by atoms with Gasteiger partial charge < -0.3 is 5.11 Å². The van der Waals surface area contributed by atoms with Gasteiger partial charge >= 0.3 is 0 Å². The summed E-state index contributed by atoms with van der Waals surface area (Å²) in [5.41, 5.74) is 4.44. The minimum Gasteiger partial charge on any atom is -0.507 e. The number of aromatic hydroxyl groups is 1. The van der Waals surface area contributed by atoms with Gasteiger partial charge in [-0.25, -0.2) is 10.1 Å². The van der Waals surface area contributed by atoms with E-state index in [-0.39, 0.29) is 22.6 Å².